The maximum absolute atomic E-state index is 11.1. The second-order valence-corrected chi connectivity index (χ2v) is 5.57. The van der Waals surface area contributed by atoms with Crippen LogP contribution < -0.4 is 20.7 Å². The number of rotatable bonds is 7. The molecule has 2 rings (SSSR count). The average Bonchev–Trinajstić information content (AvgIpc) is 3.07. The number of hydrogen-bond donors (Lipinski definition) is 3. The van der Waals surface area contributed by atoms with E-state index in [9.17, 15) is 4.79 Å². The van der Waals surface area contributed by atoms with Gasteiger partial charge in [0.2, 0.25) is 5.91 Å². The van der Waals surface area contributed by atoms with Crippen LogP contribution in [0, 0.1) is 0 Å². The Morgan fingerprint density at radius 3 is 3.00 bits per heavy atom. The molecule has 1 fully saturated rings. The number of hydrogen-bond acceptors (Lipinski definition) is 4. The highest BCUT2D eigenvalue weighted by Gasteiger charge is 2.15. The molecule has 7 nitrogen and oxygen atoms in total. The highest BCUT2D eigenvalue weighted by Crippen LogP contribution is 2.17. The number of nitrogens with one attached hydrogen (secondary N) is 3. The minimum atomic E-state index is -0.102. The van der Waals surface area contributed by atoms with E-state index < -0.39 is 0 Å². The van der Waals surface area contributed by atoms with Crippen LogP contribution in [0.3, 0.4) is 0 Å². The Balaban J connectivity index is 1.66. The number of carbonyl (C=O) groups excluding carboxylic acids is 1. The van der Waals surface area contributed by atoms with E-state index in [0.29, 0.717) is 18.9 Å². The Bertz CT molecular complexity index is 557. The summed E-state index contributed by atoms with van der Waals surface area (Å²) < 4.78 is 11.2. The third kappa shape index (κ3) is 6.45. The van der Waals surface area contributed by atoms with E-state index in [1.165, 1.54) is 6.92 Å². The molecule has 3 N–H and O–H groups in total. The quantitative estimate of drug-likeness (QED) is 0.398. The van der Waals surface area contributed by atoms with E-state index >= 15 is 0 Å². The lowest BCUT2D eigenvalue weighted by atomic mass is 10.2. The first kappa shape index (κ1) is 18.1. The molecule has 0 spiro atoms. The van der Waals surface area contributed by atoms with Crippen LogP contribution >= 0.6 is 0 Å². The van der Waals surface area contributed by atoms with Crippen molar-refractivity contribution in [3.05, 3.63) is 24.3 Å². The van der Waals surface area contributed by atoms with Crippen LogP contribution in [0.4, 0.5) is 5.69 Å². The van der Waals surface area contributed by atoms with Crippen molar-refractivity contribution in [3.63, 3.8) is 0 Å². The molecule has 24 heavy (non-hydrogen) atoms. The molecule has 7 heteroatoms. The summed E-state index contributed by atoms with van der Waals surface area (Å²) in [5.41, 5.74) is 0.724. The summed E-state index contributed by atoms with van der Waals surface area (Å²) >= 11 is 0. The molecule has 1 aliphatic rings. The topological polar surface area (TPSA) is 84.0 Å². The highest BCUT2D eigenvalue weighted by molar-refractivity contribution is 5.88. The minimum Gasteiger partial charge on any atom is -0.492 e. The van der Waals surface area contributed by atoms with Crippen LogP contribution in [0.2, 0.25) is 0 Å². The first-order valence-electron chi connectivity index (χ1n) is 8.24. The van der Waals surface area contributed by atoms with Gasteiger partial charge < -0.3 is 25.4 Å². The third-order valence-electron chi connectivity index (χ3n) is 3.56. The number of ether oxygens (including phenoxy) is 2. The lowest BCUT2D eigenvalue weighted by Crippen LogP contribution is -2.42. The van der Waals surface area contributed by atoms with Gasteiger partial charge in [0.05, 0.1) is 12.6 Å². The summed E-state index contributed by atoms with van der Waals surface area (Å²) in [4.78, 5) is 15.2. The standard InChI is InChI=1S/C17H26N4O3/c1-13(22)21-14-5-3-6-15(11-14)24-10-8-19-17(18-2)20-12-16-7-4-9-23-16/h3,5-6,11,16H,4,7-10,12H2,1-2H3,(H,21,22)(H2,18,19,20). The summed E-state index contributed by atoms with van der Waals surface area (Å²) in [7, 11) is 1.74. The number of guanidine groups is 1. The predicted molar refractivity (Wildman–Crippen MR) is 94.6 cm³/mol. The van der Waals surface area contributed by atoms with Gasteiger partial charge in [0, 0.05) is 38.9 Å². The van der Waals surface area contributed by atoms with E-state index in [-0.39, 0.29) is 12.0 Å². The molecule has 1 aliphatic heterocycles. The number of benzene rings is 1. The normalized spacial score (nSPS) is 17.4. The van der Waals surface area contributed by atoms with E-state index in [1.807, 2.05) is 18.2 Å². The van der Waals surface area contributed by atoms with E-state index in [4.69, 9.17) is 9.47 Å². The van der Waals surface area contributed by atoms with Crippen molar-refractivity contribution < 1.29 is 14.3 Å². The summed E-state index contributed by atoms with van der Waals surface area (Å²) in [6.07, 6.45) is 2.50. The Morgan fingerprint density at radius 1 is 1.42 bits per heavy atom. The van der Waals surface area contributed by atoms with Gasteiger partial charge in [-0.3, -0.25) is 9.79 Å². The van der Waals surface area contributed by atoms with Crippen LogP contribution in [0.1, 0.15) is 19.8 Å². The second-order valence-electron chi connectivity index (χ2n) is 5.57. The number of anilines is 1. The summed E-state index contributed by atoms with van der Waals surface area (Å²) in [6, 6.07) is 7.32. The highest BCUT2D eigenvalue weighted by atomic mass is 16.5. The molecule has 1 atom stereocenters. The number of amides is 1. The predicted octanol–water partition coefficient (Wildman–Crippen LogP) is 1.37. The molecular formula is C17H26N4O3. The zero-order valence-electron chi connectivity index (χ0n) is 14.3. The lowest BCUT2D eigenvalue weighted by Gasteiger charge is -2.15. The Kier molecular flexibility index (Phi) is 7.35. The first-order chi connectivity index (χ1) is 11.7. The first-order valence-corrected chi connectivity index (χ1v) is 8.24. The lowest BCUT2D eigenvalue weighted by molar-refractivity contribution is -0.114. The van der Waals surface area contributed by atoms with E-state index in [0.717, 1.165) is 37.6 Å². The zero-order valence-corrected chi connectivity index (χ0v) is 14.3. The fraction of sp³-hybridized carbons (Fsp3) is 0.529. The third-order valence-corrected chi connectivity index (χ3v) is 3.56. The second kappa shape index (κ2) is 9.77. The summed E-state index contributed by atoms with van der Waals surface area (Å²) in [5.74, 6) is 1.35. The molecule has 0 aromatic heterocycles. The summed E-state index contributed by atoms with van der Waals surface area (Å²) in [5, 5.41) is 9.18. The fourth-order valence-corrected chi connectivity index (χ4v) is 2.44. The van der Waals surface area contributed by atoms with Crippen molar-refractivity contribution in [1.29, 1.82) is 0 Å². The largest absolute Gasteiger partial charge is 0.492 e. The Morgan fingerprint density at radius 2 is 2.29 bits per heavy atom. The molecule has 0 bridgehead atoms. The van der Waals surface area contributed by atoms with Gasteiger partial charge in [-0.15, -0.1) is 0 Å². The van der Waals surface area contributed by atoms with Crippen molar-refractivity contribution in [2.75, 3.05) is 38.7 Å². The van der Waals surface area contributed by atoms with Gasteiger partial charge in [0.25, 0.3) is 0 Å². The maximum atomic E-state index is 11.1. The van der Waals surface area contributed by atoms with Crippen LogP contribution in [0.15, 0.2) is 29.3 Å². The van der Waals surface area contributed by atoms with Crippen molar-refractivity contribution >= 4 is 17.6 Å². The smallest absolute Gasteiger partial charge is 0.221 e. The number of aliphatic imine (C=N–C) groups is 1. The van der Waals surface area contributed by atoms with Gasteiger partial charge in [-0.1, -0.05) is 6.07 Å². The molecular weight excluding hydrogens is 308 g/mol. The molecule has 1 aromatic carbocycles. The zero-order chi connectivity index (χ0) is 17.2. The molecule has 132 valence electrons. The number of carbonyl (C=O) groups is 1. The van der Waals surface area contributed by atoms with Gasteiger partial charge in [0.1, 0.15) is 12.4 Å². The van der Waals surface area contributed by atoms with Gasteiger partial charge in [-0.2, -0.15) is 0 Å². The minimum absolute atomic E-state index is 0.102. The van der Waals surface area contributed by atoms with Crippen LogP contribution in [-0.2, 0) is 9.53 Å². The summed E-state index contributed by atoms with van der Waals surface area (Å²) in [6.45, 7) is 4.20. The molecule has 1 amide bonds. The van der Waals surface area contributed by atoms with Crippen LogP contribution in [0.5, 0.6) is 5.75 Å². The van der Waals surface area contributed by atoms with Crippen LogP contribution in [0.25, 0.3) is 0 Å². The SMILES string of the molecule is CN=C(NCCOc1cccc(NC(C)=O)c1)NCC1CCCO1. The van der Waals surface area contributed by atoms with Crippen molar-refractivity contribution in [2.24, 2.45) is 4.99 Å². The van der Waals surface area contributed by atoms with Gasteiger partial charge in [0.15, 0.2) is 5.96 Å². The van der Waals surface area contributed by atoms with E-state index in [1.54, 1.807) is 13.1 Å². The Labute approximate surface area is 142 Å². The molecule has 1 saturated heterocycles. The van der Waals surface area contributed by atoms with Crippen LogP contribution in [-0.4, -0.2) is 51.3 Å². The maximum Gasteiger partial charge on any atom is 0.221 e. The monoisotopic (exact) mass is 334 g/mol. The molecule has 0 radical (unpaired) electrons. The fourth-order valence-electron chi connectivity index (χ4n) is 2.44. The molecule has 0 aliphatic carbocycles. The van der Waals surface area contributed by atoms with Gasteiger partial charge in [-0.25, -0.2) is 0 Å². The molecule has 1 aromatic rings. The van der Waals surface area contributed by atoms with Crippen molar-refractivity contribution in [2.45, 2.75) is 25.9 Å². The molecule has 1 heterocycles. The average molecular weight is 334 g/mol. The van der Waals surface area contributed by atoms with Gasteiger partial charge >= 0.3 is 0 Å². The number of nitrogens with zero attached hydrogens (tertiary/aromatic N) is 1. The molecule has 0 saturated carbocycles. The molecule has 1 unspecified atom stereocenters. The van der Waals surface area contributed by atoms with Crippen molar-refractivity contribution in [3.8, 4) is 5.75 Å². The van der Waals surface area contributed by atoms with Crippen molar-refractivity contribution in [1.82, 2.24) is 10.6 Å². The van der Waals surface area contributed by atoms with E-state index in [2.05, 4.69) is 20.9 Å². The van der Waals surface area contributed by atoms with Gasteiger partial charge in [-0.05, 0) is 25.0 Å². The Hall–Kier alpha value is -2.28.